The predicted molar refractivity (Wildman–Crippen MR) is 237 cm³/mol. The van der Waals surface area contributed by atoms with Gasteiger partial charge in [-0.3, -0.25) is 24.0 Å². The fourth-order valence-electron chi connectivity index (χ4n) is 5.03. The van der Waals surface area contributed by atoms with Gasteiger partial charge in [0, 0.05) is 68.0 Å². The third-order valence-corrected chi connectivity index (χ3v) is 8.09. The number of aliphatic carboxylic acids is 1. The van der Waals surface area contributed by atoms with Crippen LogP contribution in [0.4, 0.5) is 5.69 Å². The van der Waals surface area contributed by atoms with E-state index >= 15 is 0 Å². The second-order valence-corrected chi connectivity index (χ2v) is 13.6. The van der Waals surface area contributed by atoms with E-state index in [1.165, 1.54) is 31.2 Å². The second-order valence-electron chi connectivity index (χ2n) is 13.2. The summed E-state index contributed by atoms with van der Waals surface area (Å²) in [7, 11) is 0. The molecule has 322 valence electrons. The minimum atomic E-state index is -1.13. The van der Waals surface area contributed by atoms with Gasteiger partial charge in [-0.05, 0) is 93.9 Å². The van der Waals surface area contributed by atoms with E-state index in [0.717, 1.165) is 0 Å². The first-order valence-electron chi connectivity index (χ1n) is 18.1. The van der Waals surface area contributed by atoms with Crippen LogP contribution in [-0.4, -0.2) is 124 Å². The fraction of sp³-hybridized carbons (Fsp3) is 0.293. The van der Waals surface area contributed by atoms with Crippen molar-refractivity contribution in [2.75, 3.05) is 31.5 Å². The van der Waals surface area contributed by atoms with Gasteiger partial charge < -0.3 is 51.7 Å². The third-order valence-electron chi connectivity index (χ3n) is 7.85. The number of allylic oxidation sites excluding steroid dienone is 4. The van der Waals surface area contributed by atoms with Gasteiger partial charge >= 0.3 is 32.4 Å². The molecule has 0 spiro atoms. The number of nitrogens with one attached hydrogen (secondary N) is 6. The van der Waals surface area contributed by atoms with Crippen LogP contribution in [-0.2, 0) is 28.7 Å². The van der Waals surface area contributed by atoms with E-state index in [9.17, 15) is 39.0 Å². The first-order chi connectivity index (χ1) is 28.2. The molecule has 0 fully saturated rings. The van der Waals surface area contributed by atoms with Crippen molar-refractivity contribution in [2.24, 2.45) is 5.92 Å². The molecule has 0 aromatic heterocycles. The number of hydrogen-bond acceptors (Lipinski definition) is 11. The molecule has 0 saturated carbocycles. The molecular weight excluding hydrogens is 822 g/mol. The van der Waals surface area contributed by atoms with Crippen molar-refractivity contribution >= 4 is 88.5 Å². The molecule has 4 rings (SSSR count). The van der Waals surface area contributed by atoms with Crippen LogP contribution >= 0.6 is 12.2 Å². The number of aromatic carboxylic acids is 1. The molecule has 20 heteroatoms. The Morgan fingerprint density at radius 3 is 2.03 bits per heavy atom. The Kier molecular flexibility index (Phi) is 24.7. The van der Waals surface area contributed by atoms with Crippen molar-refractivity contribution in [3.05, 3.63) is 119 Å². The second kappa shape index (κ2) is 27.5. The van der Waals surface area contributed by atoms with E-state index in [1.807, 2.05) is 0 Å². The molecular formula is C41H50AlBN6O11S. The number of thiocarbonyl (C=S) groups is 1. The summed E-state index contributed by atoms with van der Waals surface area (Å²) in [5.74, 6) is -3.28. The zero-order chi connectivity index (χ0) is 45.7. The number of carboxylic acid groups (broad SMARTS) is 2. The number of aliphatic hydroxyl groups excluding tert-OH is 2. The summed E-state index contributed by atoms with van der Waals surface area (Å²) < 4.78 is 11.6. The van der Waals surface area contributed by atoms with Crippen LogP contribution in [0.15, 0.2) is 108 Å². The molecule has 3 aliphatic rings. The number of ketones is 1. The van der Waals surface area contributed by atoms with Crippen LogP contribution in [0.5, 0.6) is 0 Å². The number of carboxylic acids is 2. The van der Waals surface area contributed by atoms with Gasteiger partial charge in [0.1, 0.15) is 24.2 Å². The van der Waals surface area contributed by atoms with E-state index in [4.69, 9.17) is 31.5 Å². The van der Waals surface area contributed by atoms with Crippen LogP contribution < -0.4 is 26.6 Å². The van der Waals surface area contributed by atoms with Gasteiger partial charge in [-0.2, -0.15) is 0 Å². The first-order valence-corrected chi connectivity index (χ1v) is 19.1. The number of anilines is 1. The Hall–Kier alpha value is -6.19. The molecule has 1 aromatic carbocycles. The Morgan fingerprint density at radius 1 is 0.902 bits per heavy atom. The summed E-state index contributed by atoms with van der Waals surface area (Å²) in [5.41, 5.74) is 3.49. The van der Waals surface area contributed by atoms with Gasteiger partial charge in [-0.15, -0.1) is 0 Å². The topological polar surface area (TPSA) is 277 Å². The van der Waals surface area contributed by atoms with Gasteiger partial charge in [0.15, 0.2) is 10.9 Å². The molecule has 1 aliphatic heterocycles. The molecule has 1 heterocycles. The van der Waals surface area contributed by atoms with Crippen molar-refractivity contribution in [3.8, 4) is 0 Å². The van der Waals surface area contributed by atoms with E-state index in [-0.39, 0.29) is 56.3 Å². The van der Waals surface area contributed by atoms with Gasteiger partial charge in [0.25, 0.3) is 0 Å². The van der Waals surface area contributed by atoms with Crippen molar-refractivity contribution in [3.63, 3.8) is 0 Å². The van der Waals surface area contributed by atoms with Gasteiger partial charge in [0.05, 0.1) is 11.7 Å². The molecule has 17 nitrogen and oxygen atoms in total. The molecule has 0 bridgehead atoms. The van der Waals surface area contributed by atoms with Crippen molar-refractivity contribution < 1.29 is 53.9 Å². The van der Waals surface area contributed by atoms with Gasteiger partial charge in [0.2, 0.25) is 17.7 Å². The van der Waals surface area contributed by atoms with Crippen molar-refractivity contribution in [1.82, 2.24) is 21.3 Å². The Labute approximate surface area is 369 Å². The van der Waals surface area contributed by atoms with Crippen LogP contribution in [0.2, 0.25) is 0 Å². The molecule has 0 saturated heterocycles. The Morgan fingerprint density at radius 2 is 1.48 bits per heavy atom. The molecule has 3 unspecified atom stereocenters. The molecule has 2 aliphatic carbocycles. The zero-order valence-electron chi connectivity index (χ0n) is 34.3. The van der Waals surface area contributed by atoms with Crippen LogP contribution in [0.25, 0.3) is 5.57 Å². The summed E-state index contributed by atoms with van der Waals surface area (Å²) in [6.07, 6.45) is 8.78. The van der Waals surface area contributed by atoms with Crippen LogP contribution in [0, 0.1) is 10.3 Å². The van der Waals surface area contributed by atoms with Gasteiger partial charge in [-0.25, -0.2) is 4.79 Å². The Bertz CT molecular complexity index is 2040. The monoisotopic (exact) mass is 872 g/mol. The summed E-state index contributed by atoms with van der Waals surface area (Å²) in [6.45, 7) is 17.6. The number of aliphatic hydroxyl groups is 2. The third kappa shape index (κ3) is 19.2. The molecule has 1 aromatic rings. The van der Waals surface area contributed by atoms with E-state index in [1.54, 1.807) is 67.2 Å². The number of fused-ring (bicyclic) bond motifs is 2. The number of ether oxygens (including phenoxy) is 1. The van der Waals surface area contributed by atoms with Crippen molar-refractivity contribution in [1.29, 1.82) is 4.35 Å². The first kappa shape index (κ1) is 54.8. The quantitative estimate of drug-likeness (QED) is 0.0558. The van der Waals surface area contributed by atoms with E-state index in [0.29, 0.717) is 69.5 Å². The van der Waals surface area contributed by atoms with Crippen LogP contribution in [0.3, 0.4) is 0 Å². The summed E-state index contributed by atoms with van der Waals surface area (Å²) in [5, 5.41) is 50.6. The maximum atomic E-state index is 12.3. The molecule has 3 atom stereocenters. The minimum absolute atomic E-state index is 0. The van der Waals surface area contributed by atoms with E-state index in [2.05, 4.69) is 46.3 Å². The zero-order valence-corrected chi connectivity index (χ0v) is 36.3. The average Bonchev–Trinajstić information content (AvgIpc) is 3.18. The SMILES string of the molecule is C=C(C)C(=O)NCC(=O)O.C=C(C)C(=O)NCC(C)O.C=C(C)C(=O)NCCCNC(=S)Nc1ccc(C2=C3C=CC(=O)C=C3OC3C=C(O)C=CC23)c(C(=O)O)c1.[B].[NH]=[Al]. The normalized spacial score (nSPS) is 15.5. The summed E-state index contributed by atoms with van der Waals surface area (Å²) in [4.78, 5) is 67.0. The number of carbonyl (C=O) groups is 6. The fourth-order valence-corrected chi connectivity index (χ4v) is 5.25. The number of rotatable bonds is 14. The number of amides is 3. The Balaban J connectivity index is 0.00000129. The summed E-state index contributed by atoms with van der Waals surface area (Å²) >= 11 is 7.00. The molecule has 4 radical (unpaired) electrons. The maximum absolute atomic E-state index is 12.3. The predicted octanol–water partition coefficient (Wildman–Crippen LogP) is 2.92. The average molecular weight is 873 g/mol. The number of hydrogen-bond donors (Lipinski definition) is 10. The number of benzene rings is 1. The molecule has 61 heavy (non-hydrogen) atoms. The van der Waals surface area contributed by atoms with E-state index < -0.39 is 30.1 Å². The molecule has 3 amide bonds. The van der Waals surface area contributed by atoms with Crippen LogP contribution in [0.1, 0.15) is 50.0 Å². The summed E-state index contributed by atoms with van der Waals surface area (Å²) in [6, 6.07) is 4.92. The van der Waals surface area contributed by atoms with Gasteiger partial charge in [-0.1, -0.05) is 31.9 Å². The number of carbonyl (C=O) groups excluding carboxylic acids is 4. The molecule has 10 N–H and O–H groups in total. The van der Waals surface area contributed by atoms with Crippen molar-refractivity contribution in [2.45, 2.75) is 46.3 Å². The standard InChI is InChI=1S/C28H27N3O6S.C7H13NO2.C6H9NO3.Al.B.HN/c1-15(2)26(34)29-10-3-11-30-28(38)31-16-4-7-19(22(12-16)27(35)36)25-20-8-5-17(32)13-23(20)37-24-14-18(33)6-9-21(24)25;1-5(2)7(10)8-4-6(3)9;1-4(2)6(10)7-3-5(8)9;;;/h4-9,12-14,20,23,32H,1,3,10-11H2,2H3,(H,29,34)(H,35,36)(H2,30,31,38);6,9H,1,4H2,2-3H3,(H,8,10);1,3H2,2H3,(H,7,10)(H,8,9);;;1H.